The second-order valence-electron chi connectivity index (χ2n) is 6.71. The standard InChI is InChI=1S/C21H24N2O2S/c1-14(22-20(24)17-5-3-15(4-6-17)13-26-2)16-9-11-19(12-10-16)23-21(25)18-7-8-18/h3-6,9-12,14,18H,7-8,13H2,1-2H3,(H,22,24)(H,23,25). The van der Waals surface area contributed by atoms with Gasteiger partial charge in [-0.3, -0.25) is 9.59 Å². The van der Waals surface area contributed by atoms with Gasteiger partial charge in [0.25, 0.3) is 5.91 Å². The normalized spacial score (nSPS) is 14.5. The predicted octanol–water partition coefficient (Wildman–Crippen LogP) is 4.39. The lowest BCUT2D eigenvalue weighted by Crippen LogP contribution is -2.26. The van der Waals surface area contributed by atoms with Crippen LogP contribution in [0.4, 0.5) is 5.69 Å². The van der Waals surface area contributed by atoms with E-state index in [0.29, 0.717) is 5.56 Å². The smallest absolute Gasteiger partial charge is 0.251 e. The number of benzene rings is 2. The van der Waals surface area contributed by atoms with Gasteiger partial charge in [0.2, 0.25) is 5.91 Å². The van der Waals surface area contributed by atoms with Crippen LogP contribution < -0.4 is 10.6 Å². The molecule has 1 atom stereocenters. The molecule has 0 radical (unpaired) electrons. The third-order valence-corrected chi connectivity index (χ3v) is 5.12. The number of anilines is 1. The molecule has 3 rings (SSSR count). The maximum Gasteiger partial charge on any atom is 0.251 e. The Morgan fingerprint density at radius 3 is 2.31 bits per heavy atom. The Kier molecular flexibility index (Phi) is 5.99. The van der Waals surface area contributed by atoms with Crippen LogP contribution in [-0.4, -0.2) is 18.1 Å². The van der Waals surface area contributed by atoms with Crippen LogP contribution in [0.3, 0.4) is 0 Å². The first-order valence-corrected chi connectivity index (χ1v) is 10.3. The first-order chi connectivity index (χ1) is 12.6. The zero-order valence-corrected chi connectivity index (χ0v) is 15.9. The van der Waals surface area contributed by atoms with Crippen molar-refractivity contribution in [1.29, 1.82) is 0 Å². The van der Waals surface area contributed by atoms with E-state index in [0.717, 1.165) is 29.8 Å². The van der Waals surface area contributed by atoms with Gasteiger partial charge in [0.15, 0.2) is 0 Å². The monoisotopic (exact) mass is 368 g/mol. The summed E-state index contributed by atoms with van der Waals surface area (Å²) in [6.45, 7) is 1.96. The van der Waals surface area contributed by atoms with Crippen molar-refractivity contribution in [2.45, 2.75) is 31.6 Å². The largest absolute Gasteiger partial charge is 0.346 e. The fraction of sp³-hybridized carbons (Fsp3) is 0.333. The first-order valence-electron chi connectivity index (χ1n) is 8.86. The van der Waals surface area contributed by atoms with Gasteiger partial charge in [-0.1, -0.05) is 24.3 Å². The van der Waals surface area contributed by atoms with E-state index in [-0.39, 0.29) is 23.8 Å². The lowest BCUT2D eigenvalue weighted by atomic mass is 10.1. The minimum Gasteiger partial charge on any atom is -0.346 e. The van der Waals surface area contributed by atoms with E-state index in [4.69, 9.17) is 0 Å². The Bertz CT molecular complexity index is 768. The third kappa shape index (κ3) is 4.88. The quantitative estimate of drug-likeness (QED) is 0.762. The lowest BCUT2D eigenvalue weighted by Gasteiger charge is -2.15. The molecule has 136 valence electrons. The first kappa shape index (κ1) is 18.5. The summed E-state index contributed by atoms with van der Waals surface area (Å²) in [7, 11) is 0. The molecular weight excluding hydrogens is 344 g/mol. The molecule has 26 heavy (non-hydrogen) atoms. The number of carbonyl (C=O) groups is 2. The van der Waals surface area contributed by atoms with Crippen molar-refractivity contribution in [2.24, 2.45) is 5.92 Å². The van der Waals surface area contributed by atoms with Crippen molar-refractivity contribution in [3.63, 3.8) is 0 Å². The van der Waals surface area contributed by atoms with E-state index >= 15 is 0 Å². The van der Waals surface area contributed by atoms with Crippen LogP contribution >= 0.6 is 11.8 Å². The van der Waals surface area contributed by atoms with Gasteiger partial charge in [-0.15, -0.1) is 0 Å². The average molecular weight is 369 g/mol. The Hall–Kier alpha value is -2.27. The summed E-state index contributed by atoms with van der Waals surface area (Å²) in [5.74, 6) is 1.15. The SMILES string of the molecule is CSCc1ccc(C(=O)NC(C)c2ccc(NC(=O)C3CC3)cc2)cc1. The topological polar surface area (TPSA) is 58.2 Å². The van der Waals surface area contributed by atoms with E-state index in [9.17, 15) is 9.59 Å². The summed E-state index contributed by atoms with van der Waals surface area (Å²) in [5.41, 5.74) is 3.68. The van der Waals surface area contributed by atoms with Gasteiger partial charge in [-0.2, -0.15) is 11.8 Å². The molecule has 5 heteroatoms. The molecule has 0 spiro atoms. The summed E-state index contributed by atoms with van der Waals surface area (Å²) in [4.78, 5) is 24.2. The summed E-state index contributed by atoms with van der Waals surface area (Å²) >= 11 is 1.76. The van der Waals surface area contributed by atoms with Crippen molar-refractivity contribution < 1.29 is 9.59 Å². The molecule has 1 aliphatic carbocycles. The van der Waals surface area contributed by atoms with Gasteiger partial charge in [0.05, 0.1) is 6.04 Å². The van der Waals surface area contributed by atoms with Crippen molar-refractivity contribution in [2.75, 3.05) is 11.6 Å². The number of carbonyl (C=O) groups excluding carboxylic acids is 2. The third-order valence-electron chi connectivity index (χ3n) is 4.50. The molecule has 1 fully saturated rings. The summed E-state index contributed by atoms with van der Waals surface area (Å²) in [5, 5.41) is 5.95. The Balaban J connectivity index is 1.57. The number of thioether (sulfide) groups is 1. The number of hydrogen-bond acceptors (Lipinski definition) is 3. The number of amides is 2. The Morgan fingerprint density at radius 2 is 1.73 bits per heavy atom. The molecule has 0 bridgehead atoms. The predicted molar refractivity (Wildman–Crippen MR) is 107 cm³/mol. The van der Waals surface area contributed by atoms with Crippen molar-refractivity contribution in [3.05, 3.63) is 65.2 Å². The van der Waals surface area contributed by atoms with Crippen molar-refractivity contribution in [1.82, 2.24) is 5.32 Å². The maximum absolute atomic E-state index is 12.4. The van der Waals surface area contributed by atoms with Gasteiger partial charge in [-0.05, 0) is 61.4 Å². The van der Waals surface area contributed by atoms with Gasteiger partial charge >= 0.3 is 0 Å². The van der Waals surface area contributed by atoms with Crippen LogP contribution in [-0.2, 0) is 10.5 Å². The highest BCUT2D eigenvalue weighted by Crippen LogP contribution is 2.30. The van der Waals surface area contributed by atoms with Crippen LogP contribution in [0.1, 0.15) is 47.3 Å². The molecule has 2 amide bonds. The second kappa shape index (κ2) is 8.41. The molecule has 2 N–H and O–H groups in total. The van der Waals surface area contributed by atoms with Gasteiger partial charge < -0.3 is 10.6 Å². The van der Waals surface area contributed by atoms with Gasteiger partial charge in [-0.25, -0.2) is 0 Å². The summed E-state index contributed by atoms with van der Waals surface area (Å²) < 4.78 is 0. The van der Waals surface area contributed by atoms with E-state index < -0.39 is 0 Å². The Morgan fingerprint density at radius 1 is 1.08 bits per heavy atom. The van der Waals surface area contributed by atoms with Crippen molar-refractivity contribution >= 4 is 29.3 Å². The van der Waals surface area contributed by atoms with E-state index in [1.807, 2.05) is 55.5 Å². The molecule has 2 aromatic rings. The van der Waals surface area contributed by atoms with Crippen molar-refractivity contribution in [3.8, 4) is 0 Å². The Labute approximate surface area is 158 Å². The molecule has 1 unspecified atom stereocenters. The van der Waals surface area contributed by atoms with E-state index in [2.05, 4.69) is 16.9 Å². The molecule has 1 aliphatic rings. The van der Waals surface area contributed by atoms with E-state index in [1.54, 1.807) is 11.8 Å². The van der Waals surface area contributed by atoms with E-state index in [1.165, 1.54) is 5.56 Å². The van der Waals surface area contributed by atoms with Gasteiger partial charge in [0.1, 0.15) is 0 Å². The lowest BCUT2D eigenvalue weighted by molar-refractivity contribution is -0.117. The minimum absolute atomic E-state index is 0.0840. The molecule has 0 aromatic heterocycles. The van der Waals surface area contributed by atoms with Crippen LogP contribution in [0.15, 0.2) is 48.5 Å². The van der Waals surface area contributed by atoms with Crippen LogP contribution in [0.2, 0.25) is 0 Å². The highest BCUT2D eigenvalue weighted by atomic mass is 32.2. The van der Waals surface area contributed by atoms with Gasteiger partial charge in [0, 0.05) is 22.9 Å². The molecule has 2 aromatic carbocycles. The van der Waals surface area contributed by atoms with Crippen LogP contribution in [0.25, 0.3) is 0 Å². The fourth-order valence-corrected chi connectivity index (χ4v) is 3.25. The molecule has 0 aliphatic heterocycles. The van der Waals surface area contributed by atoms with Crippen LogP contribution in [0, 0.1) is 5.92 Å². The zero-order valence-electron chi connectivity index (χ0n) is 15.1. The number of nitrogens with one attached hydrogen (secondary N) is 2. The number of hydrogen-bond donors (Lipinski definition) is 2. The second-order valence-corrected chi connectivity index (χ2v) is 7.58. The van der Waals surface area contributed by atoms with Crippen LogP contribution in [0.5, 0.6) is 0 Å². The highest BCUT2D eigenvalue weighted by molar-refractivity contribution is 7.97. The molecular formula is C21H24N2O2S. The summed E-state index contributed by atoms with van der Waals surface area (Å²) in [6.07, 6.45) is 4.04. The summed E-state index contributed by atoms with van der Waals surface area (Å²) in [6, 6.07) is 15.3. The zero-order chi connectivity index (χ0) is 18.5. The maximum atomic E-state index is 12.4. The molecule has 4 nitrogen and oxygen atoms in total. The number of rotatable bonds is 7. The fourth-order valence-electron chi connectivity index (χ4n) is 2.73. The minimum atomic E-state index is -0.110. The highest BCUT2D eigenvalue weighted by Gasteiger charge is 2.29. The molecule has 0 saturated heterocycles. The average Bonchev–Trinajstić information content (AvgIpc) is 3.48. The molecule has 0 heterocycles. The molecule has 1 saturated carbocycles.